The van der Waals surface area contributed by atoms with E-state index in [-0.39, 0.29) is 11.5 Å². The first-order valence-corrected chi connectivity index (χ1v) is 3.47. The molecule has 0 aromatic carbocycles. The summed E-state index contributed by atoms with van der Waals surface area (Å²) >= 11 is 0. The summed E-state index contributed by atoms with van der Waals surface area (Å²) in [4.78, 5) is 3.94. The third-order valence-corrected chi connectivity index (χ3v) is 1.81. The van der Waals surface area contributed by atoms with E-state index in [0.29, 0.717) is 0 Å². The van der Waals surface area contributed by atoms with Gasteiger partial charge >= 0.3 is 5.72 Å². The minimum Gasteiger partial charge on any atom is -0.875 e. The summed E-state index contributed by atoms with van der Waals surface area (Å²) in [6, 6.07) is 0. The molecule has 3 nitrogen and oxygen atoms in total. The predicted molar refractivity (Wildman–Crippen MR) is 39.1 cm³/mol. The highest BCUT2D eigenvalue weighted by Gasteiger charge is 2.50. The number of allylic oxidation sites excluding steroid dienone is 4. The van der Waals surface area contributed by atoms with Gasteiger partial charge in [0.1, 0.15) is 0 Å². The molecule has 0 radical (unpaired) electrons. The molecule has 0 aromatic rings. The summed E-state index contributed by atoms with van der Waals surface area (Å²) in [5.74, 6) is 0.0907. The molecule has 1 fully saturated rings. The van der Waals surface area contributed by atoms with Crippen molar-refractivity contribution >= 4 is 0 Å². The van der Waals surface area contributed by atoms with Crippen molar-refractivity contribution in [1.82, 2.24) is 5.48 Å². The van der Waals surface area contributed by atoms with Crippen LogP contribution in [0.5, 0.6) is 0 Å². The first-order valence-electron chi connectivity index (χ1n) is 3.47. The highest BCUT2D eigenvalue weighted by Crippen LogP contribution is 2.25. The molecule has 1 aliphatic heterocycles. The minimum absolute atomic E-state index is 0.0907. The van der Waals surface area contributed by atoms with Gasteiger partial charge in [-0.1, -0.05) is 6.92 Å². The Kier molecular flexibility index (Phi) is 1.19. The van der Waals surface area contributed by atoms with Gasteiger partial charge < -0.3 is 5.11 Å². The largest absolute Gasteiger partial charge is 0.875 e. The quantitative estimate of drug-likeness (QED) is 0.288. The second-order valence-corrected chi connectivity index (χ2v) is 2.73. The summed E-state index contributed by atoms with van der Waals surface area (Å²) in [5, 5.41) is 10.8. The molecule has 2 rings (SSSR count). The lowest BCUT2D eigenvalue weighted by Crippen LogP contribution is -2.11. The van der Waals surface area contributed by atoms with Gasteiger partial charge in [-0.05, 0) is 17.7 Å². The van der Waals surface area contributed by atoms with Crippen LogP contribution in [0.1, 0.15) is 6.92 Å². The summed E-state index contributed by atoms with van der Waals surface area (Å²) in [6.45, 7) is 1.56. The number of rotatable bonds is 0. The molecular formula is C8H9NO2. The van der Waals surface area contributed by atoms with Gasteiger partial charge in [-0.25, -0.2) is 0 Å². The van der Waals surface area contributed by atoms with Crippen molar-refractivity contribution in [2.75, 3.05) is 0 Å². The van der Waals surface area contributed by atoms with Crippen LogP contribution in [0.3, 0.4) is 0 Å². The van der Waals surface area contributed by atoms with Crippen LogP contribution in [-0.4, -0.2) is 10.6 Å². The summed E-state index contributed by atoms with van der Waals surface area (Å²) < 4.78 is 0. The smallest absolute Gasteiger partial charge is 0.341 e. The molecule has 2 N–H and O–H groups in total. The van der Waals surface area contributed by atoms with E-state index in [0.717, 1.165) is 5.57 Å². The maximum absolute atomic E-state index is 10.8. The topological polar surface area (TPSA) is 57.8 Å². The fraction of sp³-hybridized carbons (Fsp3) is 0.250. The summed E-state index contributed by atoms with van der Waals surface area (Å²) in [5.41, 5.74) is 3.31. The molecule has 1 saturated heterocycles. The molecular weight excluding hydrogens is 142 g/mol. The van der Waals surface area contributed by atoms with Gasteiger partial charge in [0.2, 0.25) is 0 Å². The van der Waals surface area contributed by atoms with Crippen molar-refractivity contribution in [2.45, 2.75) is 12.6 Å². The van der Waals surface area contributed by atoms with E-state index in [1.807, 2.05) is 12.2 Å². The highest BCUT2D eigenvalue weighted by molar-refractivity contribution is 5.41. The zero-order valence-electron chi connectivity index (χ0n) is 6.16. The zero-order chi connectivity index (χ0) is 7.90. The third kappa shape index (κ3) is 1.08. The summed E-state index contributed by atoms with van der Waals surface area (Å²) in [7, 11) is 0. The Balaban J connectivity index is 2.25. The molecule has 1 heterocycles. The van der Waals surface area contributed by atoms with E-state index in [2.05, 4.69) is 10.3 Å². The lowest BCUT2D eigenvalue weighted by atomic mass is 10.0. The van der Waals surface area contributed by atoms with E-state index in [9.17, 15) is 5.11 Å². The molecule has 11 heavy (non-hydrogen) atoms. The van der Waals surface area contributed by atoms with Crippen LogP contribution in [0.2, 0.25) is 0 Å². The van der Waals surface area contributed by atoms with Gasteiger partial charge in [0, 0.05) is 17.6 Å². The maximum Gasteiger partial charge on any atom is 0.341 e. The SMILES string of the molecule is CC([O-])=C1C=CC2(C=C1)N[OH+]2. The van der Waals surface area contributed by atoms with Crippen molar-refractivity contribution in [2.24, 2.45) is 0 Å². The van der Waals surface area contributed by atoms with Crippen molar-refractivity contribution in [1.29, 1.82) is 0 Å². The minimum atomic E-state index is -0.265. The van der Waals surface area contributed by atoms with Crippen LogP contribution in [-0.2, 0) is 0 Å². The van der Waals surface area contributed by atoms with E-state index in [4.69, 9.17) is 0 Å². The second-order valence-electron chi connectivity index (χ2n) is 2.73. The number of aliphatic hydroxyl groups is 1. The van der Waals surface area contributed by atoms with E-state index < -0.39 is 0 Å². The second kappa shape index (κ2) is 1.96. The van der Waals surface area contributed by atoms with Crippen molar-refractivity contribution in [3.63, 3.8) is 0 Å². The fourth-order valence-electron chi connectivity index (χ4n) is 0.993. The monoisotopic (exact) mass is 151 g/mol. The maximum atomic E-state index is 10.8. The van der Waals surface area contributed by atoms with Gasteiger partial charge in [0.25, 0.3) is 0 Å². The molecule has 0 atom stereocenters. The molecule has 3 heteroatoms. The van der Waals surface area contributed by atoms with Crippen LogP contribution in [0.15, 0.2) is 35.6 Å². The van der Waals surface area contributed by atoms with Crippen molar-refractivity contribution in [3.05, 3.63) is 35.6 Å². The van der Waals surface area contributed by atoms with Crippen LogP contribution >= 0.6 is 0 Å². The van der Waals surface area contributed by atoms with Crippen LogP contribution < -0.4 is 10.6 Å². The number of hydroxylamine groups is 1. The molecule has 58 valence electrons. The first kappa shape index (κ1) is 6.64. The fourth-order valence-corrected chi connectivity index (χ4v) is 0.993. The predicted octanol–water partition coefficient (Wildman–Crippen LogP) is -0.511. The highest BCUT2D eigenvalue weighted by atomic mass is 16.8. The molecule has 1 aliphatic carbocycles. The standard InChI is InChI=1S/C8H9NO2/c1-6(10)7-2-4-8(5-3-7)9-11-8/h2-5,9-10H,1H3. The lowest BCUT2D eigenvalue weighted by Gasteiger charge is -2.09. The molecule has 2 aliphatic rings. The van der Waals surface area contributed by atoms with E-state index in [1.165, 1.54) is 0 Å². The first-order chi connectivity index (χ1) is 5.22. The Labute approximate surface area is 64.6 Å². The van der Waals surface area contributed by atoms with Gasteiger partial charge in [0.05, 0.1) is 0 Å². The number of hydrogen-bond donors (Lipinski definition) is 1. The molecule has 0 saturated carbocycles. The Morgan fingerprint density at radius 1 is 1.55 bits per heavy atom. The normalized spacial score (nSPS) is 33.0. The Morgan fingerprint density at radius 2 is 2.09 bits per heavy atom. The molecule has 0 amide bonds. The third-order valence-electron chi connectivity index (χ3n) is 1.81. The van der Waals surface area contributed by atoms with Crippen LogP contribution in [0, 0.1) is 0 Å². The van der Waals surface area contributed by atoms with Crippen molar-refractivity contribution < 1.29 is 9.94 Å². The summed E-state index contributed by atoms with van der Waals surface area (Å²) in [6.07, 6.45) is 7.35. The average Bonchev–Trinajstić information content (AvgIpc) is 2.70. The van der Waals surface area contributed by atoms with E-state index in [1.54, 1.807) is 19.1 Å². The van der Waals surface area contributed by atoms with Crippen molar-refractivity contribution in [3.8, 4) is 0 Å². The van der Waals surface area contributed by atoms with E-state index >= 15 is 0 Å². The van der Waals surface area contributed by atoms with Gasteiger partial charge in [0.15, 0.2) is 0 Å². The van der Waals surface area contributed by atoms with Gasteiger partial charge in [-0.15, -0.1) is 5.76 Å². The zero-order valence-corrected chi connectivity index (χ0v) is 6.16. The lowest BCUT2D eigenvalue weighted by molar-refractivity contribution is -0.302. The van der Waals surface area contributed by atoms with Crippen LogP contribution in [0.25, 0.3) is 0 Å². The van der Waals surface area contributed by atoms with Gasteiger partial charge in [-0.3, -0.25) is 4.84 Å². The Morgan fingerprint density at radius 3 is 2.45 bits per heavy atom. The van der Waals surface area contributed by atoms with Gasteiger partial charge in [-0.2, -0.15) is 0 Å². The van der Waals surface area contributed by atoms with Crippen LogP contribution in [0.4, 0.5) is 0 Å². The molecule has 0 bridgehead atoms. The number of nitrogens with one attached hydrogen (secondary N) is 1. The molecule has 0 aromatic heterocycles. The Hall–Kier alpha value is -1.06. The Bertz CT molecular complexity index is 250. The number of hydrogen-bond acceptors (Lipinski definition) is 2. The average molecular weight is 151 g/mol. The molecule has 0 unspecified atom stereocenters. The molecule has 1 spiro atoms.